The number of nitrogens with zero attached hydrogens (tertiary/aromatic N) is 4. The number of likely N-dealkylation sites (tertiary alicyclic amines) is 1. The first kappa shape index (κ1) is 96.5. The van der Waals surface area contributed by atoms with Gasteiger partial charge in [0.2, 0.25) is 5.79 Å². The number of nitrogens with one attached hydrogen (secondary N) is 1. The maximum absolute atomic E-state index is 13.8. The summed E-state index contributed by atoms with van der Waals surface area (Å²) in [5.74, 6) is -1.46. The number of β-lactam (4-membered cyclic amide) rings is 4. The number of aliphatic hydroxyl groups is 1. The summed E-state index contributed by atoms with van der Waals surface area (Å²) >= 11 is 0. The number of amides is 5. The fraction of sp³-hybridized carbons (Fsp3) is 0.667. The number of methoxy groups -OCH3 is 3. The summed E-state index contributed by atoms with van der Waals surface area (Å²) < 4.78 is 178. The van der Waals surface area contributed by atoms with Crippen LogP contribution in [0.3, 0.4) is 0 Å². The largest absolute Gasteiger partial charge is 0.497 e. The van der Waals surface area contributed by atoms with Gasteiger partial charge in [-0.15, -0.1) is 0 Å². The number of anilines is 2. The number of carbonyl (C=O) groups is 6. The number of imide groups is 1. The van der Waals surface area contributed by atoms with Crippen LogP contribution in [0.5, 0.6) is 17.2 Å². The van der Waals surface area contributed by atoms with Crippen LogP contribution in [-0.4, -0.2) is 194 Å². The minimum absolute atomic E-state index is 0.187. The van der Waals surface area contributed by atoms with Crippen molar-refractivity contribution in [1.82, 2.24) is 10.2 Å². The summed E-state index contributed by atoms with van der Waals surface area (Å²) in [5.41, 5.74) is -6.27. The molecule has 0 aliphatic carbocycles. The van der Waals surface area contributed by atoms with Gasteiger partial charge in [0, 0.05) is 23.7 Å². The van der Waals surface area contributed by atoms with E-state index >= 15 is 0 Å². The van der Waals surface area contributed by atoms with E-state index in [0.29, 0.717) is 45.4 Å². The van der Waals surface area contributed by atoms with Gasteiger partial charge >= 0.3 is 12.1 Å². The van der Waals surface area contributed by atoms with Crippen LogP contribution >= 0.6 is 0 Å². The molecule has 0 radical (unpaired) electrons. The van der Waals surface area contributed by atoms with Crippen molar-refractivity contribution in [3.8, 4) is 17.2 Å². The average Bonchev–Trinajstić information content (AvgIpc) is 1.03. The summed E-state index contributed by atoms with van der Waals surface area (Å²) in [6.07, 6.45) is -14.3. The van der Waals surface area contributed by atoms with Crippen LogP contribution in [0.25, 0.3) is 0 Å². The first-order valence-corrected chi connectivity index (χ1v) is 44.1. The number of halogens is 10. The fourth-order valence-electron chi connectivity index (χ4n) is 12.8. The van der Waals surface area contributed by atoms with Crippen LogP contribution in [0.4, 0.5) is 65.8 Å². The second kappa shape index (κ2) is 39.2. The van der Waals surface area contributed by atoms with Crippen molar-refractivity contribution in [1.29, 1.82) is 0 Å². The standard InChI is InChI=1S/C18H27F2NO3Si.C16H29F2NO4Si.C12H13F2NO3.C11H21F2NO2Si.C9H9F2NO.C9H16O3/c1-6-25(7-2,8-3)24-18(4)15(16(19)20)21(17(18)22)13-9-11-14(23-5)12-10-13;1-8-24(9-2,10-3)23-16(7)11(12(17)18)19(13(16)20)14(21)22-15(4,5)6;1-12(17)9(10(13)14)15(11(12)16)7-3-5-8(18-2)6-4-7;1-5-17(6-2,7-3)16-11(4)8(9(12)13)14-10(11)15;1-13-8-4-2-7(3-5-8)12-6-9(10)11;1-6-7(10)12-9(5,11-6)8(2,3)4/h9-12,15-16H,6-8H2,1-5H3;11-12H,8-10H2,1-7H3;3-6,9-10,17H,1-2H3;8-9H,5-7H2,1-4H3,(H,14,15);2-6,9H,1H3;6H,1-5H3/t15-,18+;11-,16+;9-,12+;8-,11+;;6-,9-/m0000.0/s1. The predicted octanol–water partition coefficient (Wildman–Crippen LogP) is 17.0. The van der Waals surface area contributed by atoms with Crippen LogP contribution in [0, 0.1) is 5.41 Å². The van der Waals surface area contributed by atoms with Gasteiger partial charge in [0.1, 0.15) is 47.0 Å². The maximum atomic E-state index is 13.8. The molecule has 5 saturated heterocycles. The maximum Gasteiger partial charge on any atom is 0.417 e. The Hall–Kier alpha value is -6.70. The Morgan fingerprint density at radius 2 is 0.881 bits per heavy atom. The Morgan fingerprint density at radius 3 is 1.17 bits per heavy atom. The Labute approximate surface area is 638 Å². The predicted molar refractivity (Wildman–Crippen MR) is 404 cm³/mol. The lowest BCUT2D eigenvalue weighted by Gasteiger charge is -2.56. The van der Waals surface area contributed by atoms with Gasteiger partial charge in [-0.3, -0.25) is 34.0 Å². The molecule has 0 aromatic heterocycles. The zero-order valence-corrected chi connectivity index (χ0v) is 70.3. The van der Waals surface area contributed by atoms with E-state index in [1.54, 1.807) is 95.3 Å². The highest BCUT2D eigenvalue weighted by Crippen LogP contribution is 2.47. The van der Waals surface area contributed by atoms with Crippen molar-refractivity contribution in [3.63, 3.8) is 0 Å². The SMILES string of the molecule is CC[Si](CC)(CC)O[C@@]1(C)C(=O)N(C(=O)OC(C)(C)C)[C@H]1C(F)F.CC[Si](CC)(CC)O[C@@]1(C)C(=O)N(c2ccc(OC)cc2)[C@H]1C(F)F.CC[Si](CC)(CC)O[C@@]1(C)C(=O)N[C@H]1C(F)F.COc1ccc(N2C(=O)[C@](C)(O)[C@@H]2C(F)F)cc1.COc1ccc(N=CC(F)F)cc1.C[C@@H]1O[C@](C)(C(C)(C)C)OC1=O. The Kier molecular flexibility index (Phi) is 34.7. The molecule has 5 aliphatic rings. The summed E-state index contributed by atoms with van der Waals surface area (Å²) in [5, 5.41) is 11.9. The van der Waals surface area contributed by atoms with Crippen molar-refractivity contribution < 1.29 is 119 Å². The van der Waals surface area contributed by atoms with E-state index in [2.05, 4.69) is 10.3 Å². The van der Waals surface area contributed by atoms with Gasteiger partial charge in [-0.1, -0.05) is 83.1 Å². The zero-order valence-electron chi connectivity index (χ0n) is 67.3. The number of rotatable bonds is 26. The lowest BCUT2D eigenvalue weighted by Crippen LogP contribution is -2.79. The highest BCUT2D eigenvalue weighted by atomic mass is 28.4. The van der Waals surface area contributed by atoms with Crippen molar-refractivity contribution in [3.05, 3.63) is 72.8 Å². The number of aliphatic imine (C=N–C) groups is 1. The van der Waals surface area contributed by atoms with Crippen LogP contribution in [0.1, 0.15) is 145 Å². The van der Waals surface area contributed by atoms with Gasteiger partial charge in [0.05, 0.1) is 33.2 Å². The lowest BCUT2D eigenvalue weighted by molar-refractivity contribution is -0.216. The third-order valence-electron chi connectivity index (χ3n) is 21.0. The van der Waals surface area contributed by atoms with E-state index in [-0.39, 0.29) is 11.4 Å². The molecule has 10 atom stereocenters. The molecule has 21 nitrogen and oxygen atoms in total. The third kappa shape index (κ3) is 22.4. The van der Waals surface area contributed by atoms with E-state index in [0.717, 1.165) is 71.1 Å². The quantitative estimate of drug-likeness (QED) is 0.0250. The van der Waals surface area contributed by atoms with Gasteiger partial charge in [0.25, 0.3) is 55.8 Å². The summed E-state index contributed by atoms with van der Waals surface area (Å²) in [6, 6.07) is 20.8. The van der Waals surface area contributed by atoms with Crippen LogP contribution in [0.15, 0.2) is 77.8 Å². The number of carbonyl (C=O) groups excluding carboxylic acids is 6. The molecule has 5 amide bonds. The number of benzene rings is 3. The number of ether oxygens (including phenoxy) is 6. The molecule has 5 fully saturated rings. The number of esters is 1. The first-order chi connectivity index (χ1) is 50.4. The van der Waals surface area contributed by atoms with E-state index in [9.17, 15) is 77.8 Å². The van der Waals surface area contributed by atoms with Gasteiger partial charge in [-0.25, -0.2) is 58.4 Å². The van der Waals surface area contributed by atoms with Crippen LogP contribution in [0.2, 0.25) is 54.4 Å². The van der Waals surface area contributed by atoms with Crippen LogP contribution < -0.4 is 29.3 Å². The second-order valence-electron chi connectivity index (χ2n) is 29.7. The smallest absolute Gasteiger partial charge is 0.417 e. The van der Waals surface area contributed by atoms with Gasteiger partial charge in [0.15, 0.2) is 53.5 Å². The minimum Gasteiger partial charge on any atom is -0.497 e. The van der Waals surface area contributed by atoms with E-state index in [1.807, 2.05) is 83.1 Å². The topological polar surface area (TPSA) is 240 Å². The molecule has 0 spiro atoms. The molecule has 8 rings (SSSR count). The van der Waals surface area contributed by atoms with E-state index < -0.39 is 151 Å². The minimum atomic E-state index is -2.89. The molecule has 3 aromatic rings. The molecular formula is C75H115F10N5O16Si3. The van der Waals surface area contributed by atoms with Crippen LogP contribution in [-0.2, 0) is 51.5 Å². The van der Waals surface area contributed by atoms with Gasteiger partial charge in [-0.05, 0) is 183 Å². The lowest BCUT2D eigenvalue weighted by atomic mass is 9.83. The molecule has 109 heavy (non-hydrogen) atoms. The molecule has 0 bridgehead atoms. The molecular weight excluding hydrogens is 1500 g/mol. The molecule has 0 saturated carbocycles. The summed E-state index contributed by atoms with van der Waals surface area (Å²) in [6.45, 7) is 37.7. The number of hydrogen-bond donors (Lipinski definition) is 2. The Bertz CT molecular complexity index is 3460. The zero-order chi connectivity index (χ0) is 83.8. The van der Waals surface area contributed by atoms with Crippen molar-refractivity contribution in [2.75, 3.05) is 31.1 Å². The molecule has 5 heterocycles. The fourth-order valence-corrected chi connectivity index (χ4v) is 22.0. The molecule has 618 valence electrons. The van der Waals surface area contributed by atoms with E-state index in [4.69, 9.17) is 41.7 Å². The van der Waals surface area contributed by atoms with Crippen molar-refractivity contribution in [2.45, 2.75) is 296 Å². The van der Waals surface area contributed by atoms with E-state index in [1.165, 1.54) is 54.2 Å². The third-order valence-corrected chi connectivity index (χ3v) is 35.1. The Morgan fingerprint density at radius 1 is 0.532 bits per heavy atom. The first-order valence-electron chi connectivity index (χ1n) is 36.5. The average molecular weight is 1620 g/mol. The van der Waals surface area contributed by atoms with Crippen molar-refractivity contribution >= 4 is 83.9 Å². The van der Waals surface area contributed by atoms with Gasteiger partial charge in [-0.2, -0.15) is 0 Å². The molecule has 0 unspecified atom stereocenters. The normalized spacial score (nSPS) is 25.4. The molecule has 2 N–H and O–H groups in total. The summed E-state index contributed by atoms with van der Waals surface area (Å²) in [7, 11) is -1.99. The second-order valence-corrected chi connectivity index (χ2v) is 43.8. The Balaban J connectivity index is 0.000000345. The monoisotopic (exact) mass is 1620 g/mol. The van der Waals surface area contributed by atoms with Gasteiger partial charge < -0.3 is 52.1 Å². The summed E-state index contributed by atoms with van der Waals surface area (Å²) in [4.78, 5) is 77.9. The number of alkyl halides is 10. The number of cyclic esters (lactones) is 1. The molecule has 3 aromatic carbocycles. The molecule has 34 heteroatoms. The molecule has 5 aliphatic heterocycles. The highest BCUT2D eigenvalue weighted by molar-refractivity contribution is 6.74. The highest BCUT2D eigenvalue weighted by Gasteiger charge is 2.69. The number of hydrogen-bond acceptors (Lipinski definition) is 17. The van der Waals surface area contributed by atoms with Crippen molar-refractivity contribution in [2.24, 2.45) is 10.4 Å².